The molecular formula is C22H29N3O5S. The van der Waals surface area contributed by atoms with Gasteiger partial charge in [0.05, 0.1) is 18.2 Å². The summed E-state index contributed by atoms with van der Waals surface area (Å²) >= 11 is 0. The van der Waals surface area contributed by atoms with Crippen molar-refractivity contribution in [3.8, 4) is 5.75 Å². The van der Waals surface area contributed by atoms with Gasteiger partial charge >= 0.3 is 0 Å². The number of amides is 1. The van der Waals surface area contributed by atoms with Gasteiger partial charge in [0.2, 0.25) is 15.9 Å². The van der Waals surface area contributed by atoms with Crippen LogP contribution in [0.3, 0.4) is 0 Å². The Balaban J connectivity index is 1.55. The third-order valence-corrected chi connectivity index (χ3v) is 8.53. The van der Waals surface area contributed by atoms with Crippen molar-refractivity contribution in [2.24, 2.45) is 11.1 Å². The molecule has 0 unspecified atom stereocenters. The summed E-state index contributed by atoms with van der Waals surface area (Å²) in [6, 6.07) is 8.38. The van der Waals surface area contributed by atoms with E-state index in [9.17, 15) is 13.2 Å². The number of para-hydroxylation sites is 1. The first kappa shape index (κ1) is 21.8. The van der Waals surface area contributed by atoms with E-state index in [4.69, 9.17) is 15.0 Å². The van der Waals surface area contributed by atoms with Gasteiger partial charge in [-0.05, 0) is 31.4 Å². The number of carbonyl (C=O) groups excluding carboxylic acids is 1. The Bertz CT molecular complexity index is 1040. The minimum Gasteiger partial charge on any atom is -0.495 e. The fraction of sp³-hybridized carbons (Fsp3) is 0.545. The fourth-order valence-corrected chi connectivity index (χ4v) is 6.46. The summed E-state index contributed by atoms with van der Waals surface area (Å²) in [5, 5.41) is 4.23. The van der Waals surface area contributed by atoms with Crippen LogP contribution in [0.1, 0.15) is 55.9 Å². The summed E-state index contributed by atoms with van der Waals surface area (Å²) in [4.78, 5) is 12.6. The lowest BCUT2D eigenvalue weighted by Gasteiger charge is -2.25. The van der Waals surface area contributed by atoms with Crippen LogP contribution in [0.2, 0.25) is 0 Å². The molecule has 1 aliphatic heterocycles. The molecule has 0 spiro atoms. The van der Waals surface area contributed by atoms with Crippen LogP contribution in [0.15, 0.2) is 39.8 Å². The number of ether oxygens (including phenoxy) is 1. The number of carbonyl (C=O) groups is 1. The molecule has 0 radical (unpaired) electrons. The van der Waals surface area contributed by atoms with Gasteiger partial charge in [0.1, 0.15) is 16.4 Å². The predicted molar refractivity (Wildman–Crippen MR) is 114 cm³/mol. The number of sulfonamides is 1. The standard InChI is InChI=1S/C22H29N3O5S/c1-29-19-9-5-6-10-20(19)31(27,28)25-12-11-22(15-25,21(23)26)14-17-13-18(24-30-17)16-7-3-2-4-8-16/h5-6,9-10,13,16H,2-4,7-8,11-12,14-15H2,1H3,(H2,23,26)/t22-/m0/s1. The van der Waals surface area contributed by atoms with Crippen molar-refractivity contribution in [2.75, 3.05) is 20.2 Å². The second kappa shape index (κ2) is 8.63. The molecule has 1 amide bonds. The number of hydrogen-bond donors (Lipinski definition) is 1. The van der Waals surface area contributed by atoms with Gasteiger partial charge in [0.25, 0.3) is 0 Å². The third kappa shape index (κ3) is 4.21. The highest BCUT2D eigenvalue weighted by Crippen LogP contribution is 2.39. The number of nitrogens with zero attached hydrogens (tertiary/aromatic N) is 2. The first-order chi connectivity index (χ1) is 14.9. The Labute approximate surface area is 182 Å². The smallest absolute Gasteiger partial charge is 0.246 e. The normalized spacial score (nSPS) is 23.1. The van der Waals surface area contributed by atoms with Crippen LogP contribution < -0.4 is 10.5 Å². The van der Waals surface area contributed by atoms with Gasteiger partial charge in [0, 0.05) is 31.5 Å². The van der Waals surface area contributed by atoms with Crippen molar-refractivity contribution in [3.05, 3.63) is 41.8 Å². The molecule has 2 fully saturated rings. The quantitative estimate of drug-likeness (QED) is 0.698. The average Bonchev–Trinajstić information content (AvgIpc) is 3.43. The summed E-state index contributed by atoms with van der Waals surface area (Å²) in [6.07, 6.45) is 6.39. The topological polar surface area (TPSA) is 116 Å². The van der Waals surface area contributed by atoms with Crippen LogP contribution in [0.4, 0.5) is 0 Å². The molecule has 168 valence electrons. The highest BCUT2D eigenvalue weighted by molar-refractivity contribution is 7.89. The monoisotopic (exact) mass is 447 g/mol. The molecule has 1 aromatic carbocycles. The van der Waals surface area contributed by atoms with Crippen molar-refractivity contribution in [1.29, 1.82) is 0 Å². The Morgan fingerprint density at radius 3 is 2.74 bits per heavy atom. The van der Waals surface area contributed by atoms with Crippen molar-refractivity contribution in [1.82, 2.24) is 9.46 Å². The lowest BCUT2D eigenvalue weighted by Crippen LogP contribution is -2.42. The zero-order valence-electron chi connectivity index (χ0n) is 17.7. The Hall–Kier alpha value is -2.39. The average molecular weight is 448 g/mol. The van der Waals surface area contributed by atoms with Crippen LogP contribution in [0, 0.1) is 5.41 Å². The molecule has 4 rings (SSSR count). The Kier molecular flexibility index (Phi) is 6.07. The number of aromatic nitrogens is 1. The highest BCUT2D eigenvalue weighted by Gasteiger charge is 2.48. The van der Waals surface area contributed by atoms with E-state index >= 15 is 0 Å². The maximum atomic E-state index is 13.2. The predicted octanol–water partition coefficient (Wildman–Crippen LogP) is 2.84. The zero-order valence-corrected chi connectivity index (χ0v) is 18.6. The molecular weight excluding hydrogens is 418 g/mol. The van der Waals surface area contributed by atoms with E-state index in [0.29, 0.717) is 18.1 Å². The van der Waals surface area contributed by atoms with Gasteiger partial charge in [-0.2, -0.15) is 4.31 Å². The molecule has 1 atom stereocenters. The highest BCUT2D eigenvalue weighted by atomic mass is 32.2. The van der Waals surface area contributed by atoms with Crippen LogP contribution in [0.5, 0.6) is 5.75 Å². The first-order valence-electron chi connectivity index (χ1n) is 10.7. The van der Waals surface area contributed by atoms with Gasteiger partial charge in [-0.25, -0.2) is 8.42 Å². The van der Waals surface area contributed by atoms with Crippen LogP contribution in [-0.4, -0.2) is 44.0 Å². The second-order valence-corrected chi connectivity index (χ2v) is 10.5. The summed E-state index contributed by atoms with van der Waals surface area (Å²) in [6.45, 7) is 0.203. The van der Waals surface area contributed by atoms with Gasteiger partial charge in [-0.1, -0.05) is 36.6 Å². The largest absolute Gasteiger partial charge is 0.495 e. The van der Waals surface area contributed by atoms with Gasteiger partial charge in [0.15, 0.2) is 0 Å². The van der Waals surface area contributed by atoms with E-state index < -0.39 is 21.3 Å². The van der Waals surface area contributed by atoms with Crippen molar-refractivity contribution in [2.45, 2.75) is 55.8 Å². The Morgan fingerprint density at radius 2 is 2.03 bits per heavy atom. The fourth-order valence-electron chi connectivity index (χ4n) is 4.78. The van der Waals surface area contributed by atoms with E-state index in [2.05, 4.69) is 5.16 Å². The molecule has 9 heteroatoms. The molecule has 8 nitrogen and oxygen atoms in total. The van der Waals surface area contributed by atoms with E-state index in [1.807, 2.05) is 6.07 Å². The lowest BCUT2D eigenvalue weighted by atomic mass is 9.81. The lowest BCUT2D eigenvalue weighted by molar-refractivity contribution is -0.127. The maximum Gasteiger partial charge on any atom is 0.246 e. The van der Waals surface area contributed by atoms with Crippen LogP contribution in [-0.2, 0) is 21.2 Å². The molecule has 1 aliphatic carbocycles. The van der Waals surface area contributed by atoms with Crippen molar-refractivity contribution < 1.29 is 22.5 Å². The number of primary amides is 1. The summed E-state index contributed by atoms with van der Waals surface area (Å²) in [5.41, 5.74) is 5.68. The van der Waals surface area contributed by atoms with Gasteiger partial charge < -0.3 is 15.0 Å². The molecule has 31 heavy (non-hydrogen) atoms. The SMILES string of the molecule is COc1ccccc1S(=O)(=O)N1CC[C@@](Cc2cc(C3CCCCC3)no2)(C(N)=O)C1. The molecule has 2 heterocycles. The molecule has 1 aromatic heterocycles. The number of benzene rings is 1. The second-order valence-electron chi connectivity index (χ2n) is 8.61. The van der Waals surface area contributed by atoms with Gasteiger partial charge in [-0.15, -0.1) is 0 Å². The minimum atomic E-state index is -3.84. The van der Waals surface area contributed by atoms with E-state index in [0.717, 1.165) is 18.5 Å². The van der Waals surface area contributed by atoms with Crippen molar-refractivity contribution >= 4 is 15.9 Å². The Morgan fingerprint density at radius 1 is 1.29 bits per heavy atom. The first-order valence-corrected chi connectivity index (χ1v) is 12.2. The van der Waals surface area contributed by atoms with Crippen molar-refractivity contribution in [3.63, 3.8) is 0 Å². The summed E-state index contributed by atoms with van der Waals surface area (Å²) < 4.78 is 38.6. The van der Waals surface area contributed by atoms with Crippen LogP contribution in [0.25, 0.3) is 0 Å². The maximum absolute atomic E-state index is 13.2. The number of hydrogen-bond acceptors (Lipinski definition) is 6. The van der Waals surface area contributed by atoms with E-state index in [-0.39, 0.29) is 30.2 Å². The molecule has 2 aliphatic rings. The summed E-state index contributed by atoms with van der Waals surface area (Å²) in [7, 11) is -2.41. The van der Waals surface area contributed by atoms with Crippen LogP contribution >= 0.6 is 0 Å². The molecule has 0 bridgehead atoms. The van der Waals surface area contributed by atoms with E-state index in [1.165, 1.54) is 36.7 Å². The van der Waals surface area contributed by atoms with E-state index in [1.54, 1.807) is 18.2 Å². The zero-order chi connectivity index (χ0) is 22.1. The summed E-state index contributed by atoms with van der Waals surface area (Å²) in [5.74, 6) is 0.713. The third-order valence-electron chi connectivity index (χ3n) is 6.64. The van der Waals surface area contributed by atoms with Gasteiger partial charge in [-0.3, -0.25) is 4.79 Å². The number of rotatable bonds is 7. The minimum absolute atomic E-state index is 0.00216. The molecule has 1 saturated carbocycles. The molecule has 1 saturated heterocycles. The number of methoxy groups -OCH3 is 1. The number of nitrogens with two attached hydrogens (primary N) is 1. The molecule has 2 N–H and O–H groups in total. The molecule has 2 aromatic rings.